The minimum absolute atomic E-state index is 0.0823. The fourth-order valence-corrected chi connectivity index (χ4v) is 3.35. The Balaban J connectivity index is 2.90. The zero-order valence-corrected chi connectivity index (χ0v) is 20.8. The van der Waals surface area contributed by atoms with E-state index in [0.29, 0.717) is 6.42 Å². The highest BCUT2D eigenvalue weighted by atomic mass is 16.4. The number of hydrogen-bond donors (Lipinski definition) is 7. The van der Waals surface area contributed by atoms with Crippen LogP contribution in [0.2, 0.25) is 0 Å². The molecule has 1 rings (SSSR count). The lowest BCUT2D eigenvalue weighted by Gasteiger charge is -2.29. The maximum atomic E-state index is 13.0. The quantitative estimate of drug-likeness (QED) is 0.197. The molecule has 0 saturated heterocycles. The molecule has 3 amide bonds. The van der Waals surface area contributed by atoms with Gasteiger partial charge in [-0.15, -0.1) is 0 Å². The molecule has 6 atom stereocenters. The SMILES string of the molecule is CCC(C)C(NC(=O)C(NC(=O)C(NC(=O)C(N)Cc1ccc(O)cc1)C(C)C)C(C)O)C(=O)O. The van der Waals surface area contributed by atoms with E-state index in [9.17, 15) is 34.5 Å². The number of carbonyl (C=O) groups is 4. The van der Waals surface area contributed by atoms with Crippen LogP contribution >= 0.6 is 0 Å². The van der Waals surface area contributed by atoms with E-state index in [2.05, 4.69) is 16.0 Å². The van der Waals surface area contributed by atoms with E-state index in [-0.39, 0.29) is 24.0 Å². The first kappa shape index (κ1) is 29.9. The van der Waals surface area contributed by atoms with Crippen molar-refractivity contribution in [1.82, 2.24) is 16.0 Å². The van der Waals surface area contributed by atoms with Gasteiger partial charge >= 0.3 is 5.97 Å². The van der Waals surface area contributed by atoms with Crippen LogP contribution in [0.4, 0.5) is 0 Å². The Hall–Kier alpha value is -3.18. The van der Waals surface area contributed by atoms with Crippen LogP contribution in [0.25, 0.3) is 0 Å². The van der Waals surface area contributed by atoms with Crippen molar-refractivity contribution < 1.29 is 34.5 Å². The summed E-state index contributed by atoms with van der Waals surface area (Å²) in [6, 6.07) is 1.55. The summed E-state index contributed by atoms with van der Waals surface area (Å²) in [7, 11) is 0. The Labute approximate surface area is 205 Å². The molecule has 11 heteroatoms. The van der Waals surface area contributed by atoms with Gasteiger partial charge in [0.2, 0.25) is 17.7 Å². The Morgan fingerprint density at radius 3 is 1.80 bits per heavy atom. The van der Waals surface area contributed by atoms with E-state index in [4.69, 9.17) is 5.73 Å². The van der Waals surface area contributed by atoms with Crippen LogP contribution in [0.15, 0.2) is 24.3 Å². The van der Waals surface area contributed by atoms with Gasteiger partial charge < -0.3 is 37.0 Å². The van der Waals surface area contributed by atoms with Gasteiger partial charge in [-0.2, -0.15) is 0 Å². The molecule has 0 aliphatic rings. The molecule has 0 aliphatic carbocycles. The van der Waals surface area contributed by atoms with Gasteiger partial charge in [0.15, 0.2) is 0 Å². The predicted octanol–water partition coefficient (Wildman–Crippen LogP) is -0.116. The average Bonchev–Trinajstić information content (AvgIpc) is 2.79. The van der Waals surface area contributed by atoms with E-state index in [1.807, 2.05) is 0 Å². The van der Waals surface area contributed by atoms with Crippen LogP contribution in [0, 0.1) is 11.8 Å². The van der Waals surface area contributed by atoms with Crippen molar-refractivity contribution in [3.8, 4) is 5.75 Å². The number of phenolic OH excluding ortho intramolecular Hbond substituents is 1. The molecule has 1 aromatic rings. The van der Waals surface area contributed by atoms with E-state index in [1.54, 1.807) is 39.8 Å². The molecular weight excluding hydrogens is 456 g/mol. The van der Waals surface area contributed by atoms with Gasteiger partial charge in [-0.3, -0.25) is 14.4 Å². The van der Waals surface area contributed by atoms with Crippen molar-refractivity contribution in [2.24, 2.45) is 17.6 Å². The van der Waals surface area contributed by atoms with Crippen LogP contribution in [0.1, 0.15) is 46.6 Å². The van der Waals surface area contributed by atoms with Crippen molar-refractivity contribution in [1.29, 1.82) is 0 Å². The smallest absolute Gasteiger partial charge is 0.326 e. The molecule has 0 aliphatic heterocycles. The predicted molar refractivity (Wildman–Crippen MR) is 129 cm³/mol. The monoisotopic (exact) mass is 494 g/mol. The topological polar surface area (TPSA) is 191 Å². The molecule has 0 aromatic heterocycles. The second-order valence-corrected chi connectivity index (χ2v) is 9.14. The third kappa shape index (κ3) is 9.18. The lowest BCUT2D eigenvalue weighted by molar-refractivity contribution is -0.144. The fourth-order valence-electron chi connectivity index (χ4n) is 3.35. The number of carboxylic acids is 1. The molecule has 0 heterocycles. The number of nitrogens with two attached hydrogens (primary N) is 1. The average molecular weight is 495 g/mol. The van der Waals surface area contributed by atoms with Crippen LogP contribution in [-0.4, -0.2) is 69.3 Å². The van der Waals surface area contributed by atoms with Gasteiger partial charge in [0, 0.05) is 0 Å². The number of aliphatic carboxylic acids is 1. The fraction of sp³-hybridized carbons (Fsp3) is 0.583. The number of amides is 3. The van der Waals surface area contributed by atoms with Crippen LogP contribution in [-0.2, 0) is 25.6 Å². The summed E-state index contributed by atoms with van der Waals surface area (Å²) in [5.74, 6) is -4.06. The summed E-state index contributed by atoms with van der Waals surface area (Å²) in [5.41, 5.74) is 6.71. The first-order chi connectivity index (χ1) is 16.3. The maximum Gasteiger partial charge on any atom is 0.326 e. The van der Waals surface area contributed by atoms with Crippen molar-refractivity contribution >= 4 is 23.7 Å². The summed E-state index contributed by atoms with van der Waals surface area (Å²) >= 11 is 0. The number of aromatic hydroxyl groups is 1. The van der Waals surface area contributed by atoms with Crippen molar-refractivity contribution in [2.75, 3.05) is 0 Å². The molecule has 0 saturated carbocycles. The number of aliphatic hydroxyl groups excluding tert-OH is 1. The van der Waals surface area contributed by atoms with Crippen LogP contribution in [0.5, 0.6) is 5.75 Å². The second-order valence-electron chi connectivity index (χ2n) is 9.14. The number of hydrogen-bond acceptors (Lipinski definition) is 7. The second kappa shape index (κ2) is 13.6. The Kier molecular flexibility index (Phi) is 11.6. The molecule has 0 bridgehead atoms. The first-order valence-corrected chi connectivity index (χ1v) is 11.6. The number of carbonyl (C=O) groups excluding carboxylic acids is 3. The number of carboxylic acid groups (broad SMARTS) is 1. The van der Waals surface area contributed by atoms with E-state index < -0.39 is 54.0 Å². The molecule has 35 heavy (non-hydrogen) atoms. The third-order valence-corrected chi connectivity index (χ3v) is 5.82. The number of rotatable bonds is 13. The zero-order valence-electron chi connectivity index (χ0n) is 20.8. The Bertz CT molecular complexity index is 873. The molecule has 0 spiro atoms. The normalized spacial score (nSPS) is 16.3. The molecular formula is C24H38N4O7. The van der Waals surface area contributed by atoms with E-state index >= 15 is 0 Å². The van der Waals surface area contributed by atoms with Gasteiger partial charge in [-0.25, -0.2) is 4.79 Å². The maximum absolute atomic E-state index is 13.0. The van der Waals surface area contributed by atoms with Crippen molar-refractivity contribution in [3.05, 3.63) is 29.8 Å². The summed E-state index contributed by atoms with van der Waals surface area (Å²) in [6.07, 6.45) is -0.663. The molecule has 1 aromatic carbocycles. The highest BCUT2D eigenvalue weighted by Crippen LogP contribution is 2.12. The van der Waals surface area contributed by atoms with Gasteiger partial charge in [0.1, 0.15) is 23.9 Å². The van der Waals surface area contributed by atoms with Gasteiger partial charge in [0.05, 0.1) is 12.1 Å². The number of nitrogens with one attached hydrogen (secondary N) is 3. The van der Waals surface area contributed by atoms with Gasteiger partial charge in [-0.1, -0.05) is 46.2 Å². The van der Waals surface area contributed by atoms with E-state index in [1.165, 1.54) is 19.1 Å². The highest BCUT2D eigenvalue weighted by molar-refractivity contribution is 5.94. The summed E-state index contributed by atoms with van der Waals surface area (Å²) in [5, 5.41) is 36.3. The van der Waals surface area contributed by atoms with Crippen molar-refractivity contribution in [3.63, 3.8) is 0 Å². The molecule has 0 fully saturated rings. The minimum atomic E-state index is -1.43. The molecule has 0 radical (unpaired) electrons. The number of benzene rings is 1. The van der Waals surface area contributed by atoms with Gasteiger partial charge in [0.25, 0.3) is 0 Å². The minimum Gasteiger partial charge on any atom is -0.508 e. The molecule has 11 nitrogen and oxygen atoms in total. The standard InChI is InChI=1S/C24H38N4O7/c1-6-13(4)19(24(34)35)27-23(33)20(14(5)29)28-22(32)18(12(2)3)26-21(31)17(25)11-15-7-9-16(30)10-8-15/h7-10,12-14,17-20,29-30H,6,11,25H2,1-5H3,(H,26,31)(H,27,33)(H,28,32)(H,34,35). The van der Waals surface area contributed by atoms with Crippen molar-refractivity contribution in [2.45, 2.75) is 77.7 Å². The first-order valence-electron chi connectivity index (χ1n) is 11.6. The Morgan fingerprint density at radius 1 is 0.857 bits per heavy atom. The summed E-state index contributed by atoms with van der Waals surface area (Å²) < 4.78 is 0. The lowest BCUT2D eigenvalue weighted by atomic mass is 9.98. The lowest BCUT2D eigenvalue weighted by Crippen LogP contribution is -2.61. The van der Waals surface area contributed by atoms with Crippen LogP contribution in [0.3, 0.4) is 0 Å². The molecule has 196 valence electrons. The molecule has 8 N–H and O–H groups in total. The third-order valence-electron chi connectivity index (χ3n) is 5.82. The zero-order chi connectivity index (χ0) is 26.9. The molecule has 6 unspecified atom stereocenters. The Morgan fingerprint density at radius 2 is 1.34 bits per heavy atom. The number of aliphatic hydroxyl groups is 1. The van der Waals surface area contributed by atoms with Gasteiger partial charge in [-0.05, 0) is 42.9 Å². The van der Waals surface area contributed by atoms with Crippen LogP contribution < -0.4 is 21.7 Å². The number of phenols is 1. The highest BCUT2D eigenvalue weighted by Gasteiger charge is 2.34. The van der Waals surface area contributed by atoms with E-state index in [0.717, 1.165) is 5.56 Å². The summed E-state index contributed by atoms with van der Waals surface area (Å²) in [4.78, 5) is 49.9. The largest absolute Gasteiger partial charge is 0.508 e. The summed E-state index contributed by atoms with van der Waals surface area (Å²) in [6.45, 7) is 8.12.